The Kier molecular flexibility index (Phi) is 6.86. The van der Waals surface area contributed by atoms with E-state index in [-0.39, 0.29) is 30.4 Å². The summed E-state index contributed by atoms with van der Waals surface area (Å²) >= 11 is 0. The molecule has 0 N–H and O–H groups in total. The van der Waals surface area contributed by atoms with Crippen LogP contribution in [0.25, 0.3) is 21.5 Å². The van der Waals surface area contributed by atoms with E-state index >= 15 is 0 Å². The van der Waals surface area contributed by atoms with Crippen molar-refractivity contribution in [2.45, 2.75) is 11.3 Å². The number of ether oxygens (including phenoxy) is 1. The summed E-state index contributed by atoms with van der Waals surface area (Å²) in [6.07, 6.45) is 0.133. The van der Waals surface area contributed by atoms with Crippen LogP contribution in [0.2, 0.25) is 0 Å². The summed E-state index contributed by atoms with van der Waals surface area (Å²) in [6.45, 7) is 0.0421. The molecule has 0 spiro atoms. The third-order valence-corrected chi connectivity index (χ3v) is 7.83. The summed E-state index contributed by atoms with van der Waals surface area (Å²) in [5.41, 5.74) is 1.83. The second kappa shape index (κ2) is 9.83. The number of hydrogen-bond acceptors (Lipinski definition) is 5. The number of hydrogen-bond donors (Lipinski definition) is 0. The van der Waals surface area contributed by atoms with Crippen LogP contribution in [-0.2, 0) is 26.0 Å². The molecule has 0 aliphatic heterocycles. The topological polar surface area (TPSA) is 66.9 Å². The van der Waals surface area contributed by atoms with Crippen molar-refractivity contribution in [1.29, 1.82) is 0 Å². The molecule has 0 atom stereocenters. The Morgan fingerprint density at radius 1 is 0.794 bits per heavy atom. The summed E-state index contributed by atoms with van der Waals surface area (Å²) in [7, 11) is 1.58. The highest BCUT2D eigenvalue weighted by molar-refractivity contribution is 7.89. The molecule has 4 aromatic rings. The molecule has 176 valence electrons. The van der Waals surface area contributed by atoms with E-state index in [9.17, 15) is 13.2 Å². The number of anilines is 1. The number of esters is 1. The Morgan fingerprint density at radius 3 is 2.24 bits per heavy atom. The Bertz CT molecular complexity index is 1440. The predicted molar refractivity (Wildman–Crippen MR) is 137 cm³/mol. The van der Waals surface area contributed by atoms with Crippen LogP contribution < -0.4 is 4.90 Å². The van der Waals surface area contributed by atoms with Gasteiger partial charge in [-0.2, -0.15) is 4.31 Å². The molecule has 0 fully saturated rings. The molecule has 34 heavy (non-hydrogen) atoms. The van der Waals surface area contributed by atoms with E-state index in [2.05, 4.69) is 0 Å². The molecule has 4 aromatic carbocycles. The average Bonchev–Trinajstić information content (AvgIpc) is 2.83. The number of carbonyl (C=O) groups excluding carboxylic acids is 1. The van der Waals surface area contributed by atoms with Crippen molar-refractivity contribution >= 4 is 43.2 Å². The van der Waals surface area contributed by atoms with Gasteiger partial charge in [0.1, 0.15) is 6.61 Å². The number of nitrogens with zero attached hydrogens (tertiary/aromatic N) is 2. The highest BCUT2D eigenvalue weighted by Gasteiger charge is 2.24. The molecule has 0 bridgehead atoms. The largest absolute Gasteiger partial charge is 0.464 e. The van der Waals surface area contributed by atoms with E-state index in [4.69, 9.17) is 4.74 Å². The summed E-state index contributed by atoms with van der Waals surface area (Å²) in [5.74, 6) is -0.386. The molecule has 0 aliphatic carbocycles. The van der Waals surface area contributed by atoms with Crippen LogP contribution in [0.5, 0.6) is 0 Å². The highest BCUT2D eigenvalue weighted by atomic mass is 32.2. The van der Waals surface area contributed by atoms with Crippen LogP contribution in [0.15, 0.2) is 83.8 Å². The quantitative estimate of drug-likeness (QED) is 0.351. The molecule has 0 amide bonds. The van der Waals surface area contributed by atoms with E-state index < -0.39 is 10.0 Å². The zero-order valence-corrected chi connectivity index (χ0v) is 20.4. The van der Waals surface area contributed by atoms with Gasteiger partial charge in [0.05, 0.1) is 11.3 Å². The number of fused-ring (bicyclic) bond motifs is 2. The van der Waals surface area contributed by atoms with Gasteiger partial charge in [0.2, 0.25) is 10.0 Å². The molecule has 0 saturated carbocycles. The zero-order valence-electron chi connectivity index (χ0n) is 19.6. The van der Waals surface area contributed by atoms with Gasteiger partial charge >= 0.3 is 5.97 Å². The molecule has 0 heterocycles. The third kappa shape index (κ3) is 4.76. The zero-order chi connectivity index (χ0) is 24.3. The lowest BCUT2D eigenvalue weighted by Gasteiger charge is -2.20. The monoisotopic (exact) mass is 476 g/mol. The lowest BCUT2D eigenvalue weighted by atomic mass is 10.0. The van der Waals surface area contributed by atoms with Gasteiger partial charge in [-0.25, -0.2) is 8.42 Å². The van der Waals surface area contributed by atoms with Gasteiger partial charge in [0, 0.05) is 44.1 Å². The number of benzene rings is 4. The Hall–Kier alpha value is -3.42. The van der Waals surface area contributed by atoms with Crippen LogP contribution in [0.3, 0.4) is 0 Å². The minimum Gasteiger partial charge on any atom is -0.464 e. The Morgan fingerprint density at radius 2 is 1.44 bits per heavy atom. The SMILES string of the molecule is CN(C)c1cccc2c(S(=O)(=O)N(C)CCOC(=O)Cc3cccc4ccccc34)cccc12. The van der Waals surface area contributed by atoms with Gasteiger partial charge in [0.25, 0.3) is 0 Å². The summed E-state index contributed by atoms with van der Waals surface area (Å²) in [5, 5.41) is 3.60. The van der Waals surface area contributed by atoms with Gasteiger partial charge in [-0.05, 0) is 28.5 Å². The molecule has 0 saturated heterocycles. The van der Waals surface area contributed by atoms with Gasteiger partial charge in [-0.15, -0.1) is 0 Å². The minimum atomic E-state index is -3.77. The number of rotatable bonds is 8. The minimum absolute atomic E-state index is 0.0208. The Balaban J connectivity index is 1.44. The van der Waals surface area contributed by atoms with Crippen molar-refractivity contribution in [1.82, 2.24) is 4.31 Å². The maximum absolute atomic E-state index is 13.3. The molecular weight excluding hydrogens is 448 g/mol. The molecule has 4 rings (SSSR count). The van der Waals surface area contributed by atoms with Crippen LogP contribution in [0.1, 0.15) is 5.56 Å². The highest BCUT2D eigenvalue weighted by Crippen LogP contribution is 2.31. The fraction of sp³-hybridized carbons (Fsp3) is 0.222. The lowest BCUT2D eigenvalue weighted by molar-refractivity contribution is -0.142. The van der Waals surface area contributed by atoms with Crippen LogP contribution >= 0.6 is 0 Å². The van der Waals surface area contributed by atoms with Crippen molar-refractivity contribution < 1.29 is 17.9 Å². The van der Waals surface area contributed by atoms with Crippen LogP contribution in [-0.4, -0.2) is 53.0 Å². The average molecular weight is 477 g/mol. The van der Waals surface area contributed by atoms with E-state index in [1.807, 2.05) is 85.7 Å². The van der Waals surface area contributed by atoms with Crippen molar-refractivity contribution in [2.24, 2.45) is 0 Å². The van der Waals surface area contributed by atoms with E-state index in [1.54, 1.807) is 12.1 Å². The maximum Gasteiger partial charge on any atom is 0.310 e. The van der Waals surface area contributed by atoms with E-state index in [1.165, 1.54) is 11.4 Å². The first kappa shape index (κ1) is 23.7. The standard InChI is InChI=1S/C27H28N2O4S/c1-28(2)25-15-7-14-24-23(25)13-8-16-26(24)34(31,32)29(3)17-18-33-27(30)19-21-11-6-10-20-9-4-5-12-22(20)21/h4-16H,17-19H2,1-3H3. The van der Waals surface area contributed by atoms with Crippen molar-refractivity contribution in [3.05, 3.63) is 84.4 Å². The molecule has 0 aliphatic rings. The van der Waals surface area contributed by atoms with Crippen molar-refractivity contribution in [2.75, 3.05) is 39.2 Å². The normalized spacial score (nSPS) is 11.8. The van der Waals surface area contributed by atoms with Crippen molar-refractivity contribution in [3.8, 4) is 0 Å². The van der Waals surface area contributed by atoms with Gasteiger partial charge in [-0.1, -0.05) is 66.7 Å². The number of carbonyl (C=O) groups is 1. The first-order chi connectivity index (χ1) is 16.3. The summed E-state index contributed by atoms with van der Waals surface area (Å²) < 4.78 is 33.2. The molecule has 7 heteroatoms. The van der Waals surface area contributed by atoms with Crippen LogP contribution in [0.4, 0.5) is 5.69 Å². The predicted octanol–water partition coefficient (Wildman–Crippen LogP) is 4.47. The number of sulfonamides is 1. The van der Waals surface area contributed by atoms with Crippen molar-refractivity contribution in [3.63, 3.8) is 0 Å². The molecule has 0 radical (unpaired) electrons. The lowest BCUT2D eigenvalue weighted by Crippen LogP contribution is -2.31. The summed E-state index contributed by atoms with van der Waals surface area (Å²) in [4.78, 5) is 14.6. The second-order valence-corrected chi connectivity index (χ2v) is 10.4. The second-order valence-electron chi connectivity index (χ2n) is 8.38. The van der Waals surface area contributed by atoms with Gasteiger partial charge in [0.15, 0.2) is 0 Å². The third-order valence-electron chi connectivity index (χ3n) is 5.91. The van der Waals surface area contributed by atoms with E-state index in [0.29, 0.717) is 5.39 Å². The fourth-order valence-electron chi connectivity index (χ4n) is 4.11. The molecular formula is C27H28N2O4S. The van der Waals surface area contributed by atoms with Crippen LogP contribution in [0, 0.1) is 0 Å². The first-order valence-electron chi connectivity index (χ1n) is 11.1. The molecule has 0 unspecified atom stereocenters. The van der Waals surface area contributed by atoms with Gasteiger partial charge in [-0.3, -0.25) is 4.79 Å². The Labute approximate surface area is 200 Å². The summed E-state index contributed by atoms with van der Waals surface area (Å²) in [6, 6.07) is 24.6. The first-order valence-corrected chi connectivity index (χ1v) is 12.5. The number of likely N-dealkylation sites (N-methyl/N-ethyl adjacent to an activating group) is 1. The molecule has 0 aromatic heterocycles. The maximum atomic E-state index is 13.3. The molecule has 6 nitrogen and oxygen atoms in total. The van der Waals surface area contributed by atoms with E-state index in [0.717, 1.165) is 27.4 Å². The fourth-order valence-corrected chi connectivity index (χ4v) is 5.47. The van der Waals surface area contributed by atoms with Gasteiger partial charge < -0.3 is 9.64 Å². The smallest absolute Gasteiger partial charge is 0.310 e.